The van der Waals surface area contributed by atoms with Crippen LogP contribution in [0.4, 0.5) is 11.4 Å². The fourth-order valence-corrected chi connectivity index (χ4v) is 4.71. The molecule has 1 aliphatic rings. The van der Waals surface area contributed by atoms with Gasteiger partial charge in [-0.25, -0.2) is 8.42 Å². The first-order valence-electron chi connectivity index (χ1n) is 10.8. The molecule has 33 heavy (non-hydrogen) atoms. The van der Waals surface area contributed by atoms with Crippen LogP contribution >= 0.6 is 0 Å². The van der Waals surface area contributed by atoms with Crippen molar-refractivity contribution in [3.63, 3.8) is 0 Å². The van der Waals surface area contributed by atoms with Gasteiger partial charge in [-0.3, -0.25) is 14.5 Å². The van der Waals surface area contributed by atoms with Crippen LogP contribution in [0.15, 0.2) is 71.9 Å². The number of hydrogen-bond acceptors (Lipinski definition) is 6. The van der Waals surface area contributed by atoms with Gasteiger partial charge in [-0.05, 0) is 55.0 Å². The highest BCUT2D eigenvalue weighted by molar-refractivity contribution is 7.92. The molecule has 0 aliphatic carbocycles. The zero-order chi connectivity index (χ0) is 23.3. The van der Waals surface area contributed by atoms with Gasteiger partial charge in [-0.15, -0.1) is 0 Å². The van der Waals surface area contributed by atoms with E-state index in [4.69, 9.17) is 0 Å². The van der Waals surface area contributed by atoms with E-state index in [1.807, 2.05) is 19.1 Å². The summed E-state index contributed by atoms with van der Waals surface area (Å²) in [4.78, 5) is 19.1. The van der Waals surface area contributed by atoms with E-state index in [2.05, 4.69) is 25.2 Å². The molecule has 172 valence electrons. The van der Waals surface area contributed by atoms with Gasteiger partial charge in [-0.1, -0.05) is 17.7 Å². The van der Waals surface area contributed by atoms with Gasteiger partial charge in [0.25, 0.3) is 15.9 Å². The van der Waals surface area contributed by atoms with E-state index >= 15 is 0 Å². The van der Waals surface area contributed by atoms with Crippen molar-refractivity contribution < 1.29 is 13.2 Å². The number of nitrogens with one attached hydrogen (secondary N) is 3. The molecule has 2 heterocycles. The smallest absolute Gasteiger partial charge is 0.261 e. The lowest BCUT2D eigenvalue weighted by Gasteiger charge is -2.31. The molecule has 1 amide bonds. The number of aryl methyl sites for hydroxylation is 1. The molecule has 1 aromatic heterocycles. The zero-order valence-electron chi connectivity index (χ0n) is 18.4. The van der Waals surface area contributed by atoms with Crippen LogP contribution < -0.4 is 20.3 Å². The highest BCUT2D eigenvalue weighted by Gasteiger charge is 2.21. The summed E-state index contributed by atoms with van der Waals surface area (Å²) in [5.41, 5.74) is 3.41. The van der Waals surface area contributed by atoms with Gasteiger partial charge in [0.05, 0.1) is 16.3 Å². The van der Waals surface area contributed by atoms with Crippen LogP contribution in [0.3, 0.4) is 0 Å². The van der Waals surface area contributed by atoms with Crippen molar-refractivity contribution in [1.82, 2.24) is 15.6 Å². The number of pyridine rings is 1. The minimum Gasteiger partial charge on any atom is -0.367 e. The molecule has 8 nitrogen and oxygen atoms in total. The van der Waals surface area contributed by atoms with E-state index < -0.39 is 10.0 Å². The van der Waals surface area contributed by atoms with Gasteiger partial charge in [0, 0.05) is 50.7 Å². The quantitative estimate of drug-likeness (QED) is 0.496. The van der Waals surface area contributed by atoms with E-state index in [-0.39, 0.29) is 10.8 Å². The first-order valence-corrected chi connectivity index (χ1v) is 12.3. The minimum atomic E-state index is -3.82. The van der Waals surface area contributed by atoms with Crippen molar-refractivity contribution >= 4 is 27.3 Å². The third-order valence-electron chi connectivity index (χ3n) is 5.49. The van der Waals surface area contributed by atoms with Crippen LogP contribution in [-0.4, -0.2) is 45.5 Å². The Bertz CT molecular complexity index is 1210. The molecule has 0 unspecified atom stereocenters. The summed E-state index contributed by atoms with van der Waals surface area (Å²) in [6.07, 6.45) is 3.34. The molecular formula is C24H27N5O3S. The van der Waals surface area contributed by atoms with Crippen molar-refractivity contribution in [2.75, 3.05) is 35.8 Å². The molecule has 2 aromatic carbocycles. The lowest BCUT2D eigenvalue weighted by Crippen LogP contribution is -2.43. The summed E-state index contributed by atoms with van der Waals surface area (Å²) in [6.45, 7) is 5.35. The minimum absolute atomic E-state index is 0.173. The Morgan fingerprint density at radius 1 is 1.03 bits per heavy atom. The number of rotatable bonds is 7. The fraction of sp³-hybridized carbons (Fsp3) is 0.250. The highest BCUT2D eigenvalue weighted by Crippen LogP contribution is 2.30. The van der Waals surface area contributed by atoms with Crippen LogP contribution in [0.5, 0.6) is 0 Å². The summed E-state index contributed by atoms with van der Waals surface area (Å²) in [7, 11) is -3.82. The number of nitrogens with zero attached hydrogens (tertiary/aromatic N) is 2. The Morgan fingerprint density at radius 3 is 2.42 bits per heavy atom. The average Bonchev–Trinajstić information content (AvgIpc) is 2.84. The number of amides is 1. The Labute approximate surface area is 194 Å². The molecule has 1 fully saturated rings. The second kappa shape index (κ2) is 10.0. The largest absolute Gasteiger partial charge is 0.367 e. The standard InChI is InChI=1S/C24H27N5O3S/c1-18-2-5-21(6-3-18)33(31,32)28-22-16-20(4-7-23(22)29-14-12-26-13-15-29)24(30)27-17-19-8-10-25-11-9-19/h2-11,16,26,28H,12-15,17H2,1H3,(H,27,30). The second-order valence-electron chi connectivity index (χ2n) is 7.93. The number of carbonyl (C=O) groups is 1. The molecule has 0 saturated carbocycles. The highest BCUT2D eigenvalue weighted by atomic mass is 32.2. The third kappa shape index (κ3) is 5.68. The van der Waals surface area contributed by atoms with Crippen LogP contribution in [0.1, 0.15) is 21.5 Å². The first kappa shape index (κ1) is 22.8. The summed E-state index contributed by atoms with van der Waals surface area (Å²) in [5.74, 6) is -0.283. The molecule has 0 radical (unpaired) electrons. The van der Waals surface area contributed by atoms with Gasteiger partial charge in [-0.2, -0.15) is 0 Å². The normalized spacial score (nSPS) is 14.0. The van der Waals surface area contributed by atoms with Crippen molar-refractivity contribution in [2.45, 2.75) is 18.4 Å². The molecular weight excluding hydrogens is 438 g/mol. The fourth-order valence-electron chi connectivity index (χ4n) is 3.65. The van der Waals surface area contributed by atoms with Gasteiger partial charge < -0.3 is 15.5 Å². The SMILES string of the molecule is Cc1ccc(S(=O)(=O)Nc2cc(C(=O)NCc3ccncc3)ccc2N2CCNCC2)cc1. The van der Waals surface area contributed by atoms with Crippen LogP contribution in [0.2, 0.25) is 0 Å². The Kier molecular flexibility index (Phi) is 6.90. The van der Waals surface area contributed by atoms with E-state index in [1.165, 1.54) is 0 Å². The average molecular weight is 466 g/mol. The maximum absolute atomic E-state index is 13.1. The van der Waals surface area contributed by atoms with Gasteiger partial charge in [0.1, 0.15) is 0 Å². The Morgan fingerprint density at radius 2 is 1.73 bits per heavy atom. The first-order chi connectivity index (χ1) is 15.9. The number of sulfonamides is 1. The van der Waals surface area contributed by atoms with E-state index in [9.17, 15) is 13.2 Å². The molecule has 0 atom stereocenters. The molecule has 0 bridgehead atoms. The van der Waals surface area contributed by atoms with Crippen LogP contribution in [0.25, 0.3) is 0 Å². The summed E-state index contributed by atoms with van der Waals surface area (Å²) in [6, 6.07) is 15.5. The van der Waals surface area contributed by atoms with Gasteiger partial charge in [0.2, 0.25) is 0 Å². The number of benzene rings is 2. The van der Waals surface area contributed by atoms with Crippen LogP contribution in [-0.2, 0) is 16.6 Å². The number of aromatic nitrogens is 1. The molecule has 1 saturated heterocycles. The molecule has 1 aliphatic heterocycles. The van der Waals surface area contributed by atoms with E-state index in [0.717, 1.165) is 43.0 Å². The molecule has 3 aromatic rings. The van der Waals surface area contributed by atoms with Gasteiger partial charge in [0.15, 0.2) is 0 Å². The maximum atomic E-state index is 13.1. The molecule has 0 spiro atoms. The molecule has 4 rings (SSSR count). The van der Waals surface area contributed by atoms with E-state index in [1.54, 1.807) is 54.9 Å². The summed E-state index contributed by atoms with van der Waals surface area (Å²) in [5, 5.41) is 6.17. The van der Waals surface area contributed by atoms with E-state index in [0.29, 0.717) is 17.8 Å². The van der Waals surface area contributed by atoms with Gasteiger partial charge >= 0.3 is 0 Å². The van der Waals surface area contributed by atoms with Crippen molar-refractivity contribution in [2.24, 2.45) is 0 Å². The van der Waals surface area contributed by atoms with Crippen LogP contribution in [0, 0.1) is 6.92 Å². The topological polar surface area (TPSA) is 103 Å². The number of piperazine rings is 1. The Hall–Kier alpha value is -3.43. The number of anilines is 2. The summed E-state index contributed by atoms with van der Waals surface area (Å²) >= 11 is 0. The second-order valence-corrected chi connectivity index (χ2v) is 9.61. The number of carbonyl (C=O) groups excluding carboxylic acids is 1. The Balaban J connectivity index is 1.61. The third-order valence-corrected chi connectivity index (χ3v) is 6.88. The summed E-state index contributed by atoms with van der Waals surface area (Å²) < 4.78 is 28.9. The number of hydrogen-bond donors (Lipinski definition) is 3. The monoisotopic (exact) mass is 465 g/mol. The predicted molar refractivity (Wildman–Crippen MR) is 129 cm³/mol. The molecule has 9 heteroatoms. The predicted octanol–water partition coefficient (Wildman–Crippen LogP) is 2.53. The maximum Gasteiger partial charge on any atom is 0.261 e. The van der Waals surface area contributed by atoms with Crippen molar-refractivity contribution in [3.8, 4) is 0 Å². The van der Waals surface area contributed by atoms with Crippen molar-refractivity contribution in [3.05, 3.63) is 83.7 Å². The van der Waals surface area contributed by atoms with Crippen molar-refractivity contribution in [1.29, 1.82) is 0 Å². The lowest BCUT2D eigenvalue weighted by molar-refractivity contribution is 0.0951. The zero-order valence-corrected chi connectivity index (χ0v) is 19.2. The lowest BCUT2D eigenvalue weighted by atomic mass is 10.1. The molecule has 3 N–H and O–H groups in total.